The van der Waals surface area contributed by atoms with Crippen LogP contribution in [0.3, 0.4) is 0 Å². The van der Waals surface area contributed by atoms with Crippen molar-refractivity contribution in [3.05, 3.63) is 42.4 Å². The van der Waals surface area contributed by atoms with Crippen molar-refractivity contribution in [1.29, 1.82) is 5.26 Å². The minimum absolute atomic E-state index is 0.119. The third-order valence-electron chi connectivity index (χ3n) is 8.82. The summed E-state index contributed by atoms with van der Waals surface area (Å²) in [5.74, 6) is 2.46. The van der Waals surface area contributed by atoms with Crippen LogP contribution in [0, 0.1) is 17.2 Å². The lowest BCUT2D eigenvalue weighted by Crippen LogP contribution is -2.69. The quantitative estimate of drug-likeness (QED) is 0.441. The highest BCUT2D eigenvalue weighted by Gasteiger charge is 2.47. The van der Waals surface area contributed by atoms with Crippen LogP contribution in [0.25, 0.3) is 16.6 Å². The lowest BCUT2D eigenvalue weighted by molar-refractivity contribution is -0.0483. The van der Waals surface area contributed by atoms with Gasteiger partial charge in [-0.25, -0.2) is 9.50 Å². The highest BCUT2D eigenvalue weighted by molar-refractivity contribution is 5.85. The Morgan fingerprint density at radius 1 is 1.21 bits per heavy atom. The first-order valence-corrected chi connectivity index (χ1v) is 14.4. The Morgan fingerprint density at radius 3 is 2.77 bits per heavy atom. The summed E-state index contributed by atoms with van der Waals surface area (Å²) in [6.07, 6.45) is 9.07. The maximum atomic E-state index is 9.74. The lowest BCUT2D eigenvalue weighted by atomic mass is 9.86. The zero-order chi connectivity index (χ0) is 26.6. The molecule has 2 bridgehead atoms. The molecular formula is C30H37N7O2. The standard InChI is InChI=1S/C30H37N7O2/c1-21(2)16-36-24-11-25(36)18-35(17-24)28-4-3-22(14-32-28)27-12-26(19-37-29(27)23(13-31)15-33-37)38-9-7-34-8-10-39-30(20-34)5-6-30/h3-4,12,14-15,19,21,24-25H,5-11,16-18,20H2,1-2H3. The number of anilines is 1. The van der Waals surface area contributed by atoms with E-state index in [9.17, 15) is 5.26 Å². The molecule has 4 saturated heterocycles. The molecule has 0 radical (unpaired) electrons. The monoisotopic (exact) mass is 527 g/mol. The van der Waals surface area contributed by atoms with E-state index in [1.165, 1.54) is 25.8 Å². The van der Waals surface area contributed by atoms with Gasteiger partial charge in [0.05, 0.1) is 35.7 Å². The van der Waals surface area contributed by atoms with Crippen LogP contribution in [0.1, 0.15) is 38.7 Å². The van der Waals surface area contributed by atoms with E-state index in [0.29, 0.717) is 30.2 Å². The highest BCUT2D eigenvalue weighted by atomic mass is 16.5. The Bertz CT molecular complexity index is 1380. The summed E-state index contributed by atoms with van der Waals surface area (Å²) in [4.78, 5) is 12.4. The van der Waals surface area contributed by atoms with Crippen LogP contribution < -0.4 is 9.64 Å². The normalized spacial score (nSPS) is 24.2. The second kappa shape index (κ2) is 9.77. The van der Waals surface area contributed by atoms with Crippen molar-refractivity contribution in [3.63, 3.8) is 0 Å². The molecule has 5 aliphatic rings. The summed E-state index contributed by atoms with van der Waals surface area (Å²) >= 11 is 0. The van der Waals surface area contributed by atoms with Gasteiger partial charge in [-0.05, 0) is 43.4 Å². The van der Waals surface area contributed by atoms with Crippen LogP contribution >= 0.6 is 0 Å². The number of nitriles is 1. The molecular weight excluding hydrogens is 490 g/mol. The Morgan fingerprint density at radius 2 is 2.05 bits per heavy atom. The molecule has 3 aromatic rings. The van der Waals surface area contributed by atoms with Gasteiger partial charge in [0.1, 0.15) is 24.2 Å². The molecule has 204 valence electrons. The van der Waals surface area contributed by atoms with Gasteiger partial charge in [-0.2, -0.15) is 10.4 Å². The van der Waals surface area contributed by atoms with Crippen molar-refractivity contribution in [2.75, 3.05) is 57.4 Å². The number of aromatic nitrogens is 3. The molecule has 9 nitrogen and oxygen atoms in total. The fourth-order valence-electron chi connectivity index (χ4n) is 6.65. The first-order chi connectivity index (χ1) is 19.0. The Kier molecular flexibility index (Phi) is 6.22. The highest BCUT2D eigenvalue weighted by Crippen LogP contribution is 2.42. The molecule has 1 spiro atoms. The predicted molar refractivity (Wildman–Crippen MR) is 149 cm³/mol. The van der Waals surface area contributed by atoms with Crippen molar-refractivity contribution >= 4 is 11.3 Å². The molecule has 7 heterocycles. The second-order valence-electron chi connectivity index (χ2n) is 12.2. The summed E-state index contributed by atoms with van der Waals surface area (Å²) < 4.78 is 13.9. The van der Waals surface area contributed by atoms with Gasteiger partial charge in [-0.3, -0.25) is 9.80 Å². The summed E-state index contributed by atoms with van der Waals surface area (Å²) in [6, 6.07) is 9.82. The van der Waals surface area contributed by atoms with Gasteiger partial charge < -0.3 is 14.4 Å². The van der Waals surface area contributed by atoms with Crippen LogP contribution in [0.5, 0.6) is 5.75 Å². The van der Waals surface area contributed by atoms with Gasteiger partial charge >= 0.3 is 0 Å². The molecule has 9 heteroatoms. The largest absolute Gasteiger partial charge is 0.491 e. The number of nitrogens with zero attached hydrogens (tertiary/aromatic N) is 7. The van der Waals surface area contributed by atoms with Crippen LogP contribution in [0.2, 0.25) is 0 Å². The van der Waals surface area contributed by atoms with E-state index in [2.05, 4.69) is 51.8 Å². The molecule has 2 atom stereocenters. The molecule has 0 aromatic carbocycles. The molecule has 1 saturated carbocycles. The van der Waals surface area contributed by atoms with Gasteiger partial charge in [-0.15, -0.1) is 0 Å². The third kappa shape index (κ3) is 4.75. The minimum atomic E-state index is 0.119. The van der Waals surface area contributed by atoms with E-state index in [1.807, 2.05) is 18.5 Å². The number of pyridine rings is 2. The summed E-state index contributed by atoms with van der Waals surface area (Å²) in [5.41, 5.74) is 3.32. The molecule has 0 amide bonds. The number of hydrogen-bond acceptors (Lipinski definition) is 8. The van der Waals surface area contributed by atoms with E-state index >= 15 is 0 Å². The minimum Gasteiger partial charge on any atom is -0.491 e. The van der Waals surface area contributed by atoms with Gasteiger partial charge in [0.15, 0.2) is 0 Å². The zero-order valence-electron chi connectivity index (χ0n) is 22.9. The number of rotatable bonds is 8. The van der Waals surface area contributed by atoms with Crippen molar-refractivity contribution in [1.82, 2.24) is 24.4 Å². The van der Waals surface area contributed by atoms with Crippen molar-refractivity contribution < 1.29 is 9.47 Å². The summed E-state index contributed by atoms with van der Waals surface area (Å²) in [5, 5.41) is 14.2. The SMILES string of the molecule is CC(C)CN1C2CC1CN(c1ccc(-c3cc(OCCN4CCOC5(CC5)C4)cn4ncc(C#N)c34)cn1)C2. The Labute approximate surface area is 229 Å². The van der Waals surface area contributed by atoms with Gasteiger partial charge in [-0.1, -0.05) is 13.8 Å². The average Bonchev–Trinajstić information content (AvgIpc) is 3.55. The van der Waals surface area contributed by atoms with Crippen molar-refractivity contribution in [3.8, 4) is 22.9 Å². The third-order valence-corrected chi connectivity index (χ3v) is 8.82. The summed E-state index contributed by atoms with van der Waals surface area (Å²) in [6.45, 7) is 12.1. The molecule has 5 fully saturated rings. The van der Waals surface area contributed by atoms with E-state index < -0.39 is 0 Å². The topological polar surface area (TPSA) is 82.2 Å². The van der Waals surface area contributed by atoms with Crippen LogP contribution in [-0.4, -0.2) is 94.6 Å². The van der Waals surface area contributed by atoms with Crippen LogP contribution in [-0.2, 0) is 4.74 Å². The van der Waals surface area contributed by atoms with E-state index in [4.69, 9.17) is 14.5 Å². The van der Waals surface area contributed by atoms with Gasteiger partial charge in [0, 0.05) is 68.7 Å². The number of piperidine rings is 1. The molecule has 0 N–H and O–H groups in total. The first-order valence-electron chi connectivity index (χ1n) is 14.4. The van der Waals surface area contributed by atoms with E-state index in [-0.39, 0.29) is 5.60 Å². The fraction of sp³-hybridized carbons (Fsp3) is 0.567. The molecule has 1 aliphatic carbocycles. The molecule has 39 heavy (non-hydrogen) atoms. The Balaban J connectivity index is 1.07. The zero-order valence-corrected chi connectivity index (χ0v) is 22.9. The summed E-state index contributed by atoms with van der Waals surface area (Å²) in [7, 11) is 0. The smallest absolute Gasteiger partial charge is 0.138 e. The molecule has 3 aromatic heterocycles. The van der Waals surface area contributed by atoms with Gasteiger partial charge in [0.25, 0.3) is 0 Å². The number of ether oxygens (including phenoxy) is 2. The predicted octanol–water partition coefficient (Wildman–Crippen LogP) is 3.43. The molecule has 2 unspecified atom stereocenters. The van der Waals surface area contributed by atoms with Crippen LogP contribution in [0.4, 0.5) is 5.82 Å². The molecule has 8 rings (SSSR count). The van der Waals surface area contributed by atoms with E-state index in [0.717, 1.165) is 67.5 Å². The maximum Gasteiger partial charge on any atom is 0.138 e. The number of morpholine rings is 1. The van der Waals surface area contributed by atoms with Crippen LogP contribution in [0.15, 0.2) is 36.8 Å². The van der Waals surface area contributed by atoms with Crippen molar-refractivity contribution in [2.24, 2.45) is 5.92 Å². The fourth-order valence-corrected chi connectivity index (χ4v) is 6.65. The first kappa shape index (κ1) is 24.8. The number of hydrogen-bond donors (Lipinski definition) is 0. The van der Waals surface area contributed by atoms with Gasteiger partial charge in [0.2, 0.25) is 0 Å². The second-order valence-corrected chi connectivity index (χ2v) is 12.2. The lowest BCUT2D eigenvalue weighted by Gasteiger charge is -2.57. The number of fused-ring (bicyclic) bond motifs is 3. The maximum absolute atomic E-state index is 9.74. The number of piperazine rings is 1. The Hall–Kier alpha value is -3.19. The average molecular weight is 528 g/mol. The molecule has 4 aliphatic heterocycles. The van der Waals surface area contributed by atoms with Crippen molar-refractivity contribution in [2.45, 2.75) is 50.8 Å². The van der Waals surface area contributed by atoms with E-state index in [1.54, 1.807) is 10.7 Å².